The molecule has 0 aliphatic heterocycles. The molecule has 0 saturated carbocycles. The third-order valence-corrected chi connectivity index (χ3v) is 2.52. The lowest BCUT2D eigenvalue weighted by Gasteiger charge is -2.13. The summed E-state index contributed by atoms with van der Waals surface area (Å²) < 4.78 is 5.52. The molecule has 0 spiro atoms. The normalized spacial score (nSPS) is 10.7. The van der Waals surface area contributed by atoms with Gasteiger partial charge in [0.2, 0.25) is 17.8 Å². The number of nitrogens with zero attached hydrogens (tertiary/aromatic N) is 4. The van der Waals surface area contributed by atoms with Crippen LogP contribution in [0, 0.1) is 5.92 Å². The maximum absolute atomic E-state index is 5.52. The van der Waals surface area contributed by atoms with Crippen molar-refractivity contribution in [1.29, 1.82) is 0 Å². The highest BCUT2D eigenvalue weighted by Crippen LogP contribution is 2.10. The van der Waals surface area contributed by atoms with Gasteiger partial charge in [0.15, 0.2) is 0 Å². The summed E-state index contributed by atoms with van der Waals surface area (Å²) in [5.74, 6) is 7.34. The zero-order valence-electron chi connectivity index (χ0n) is 12.7. The van der Waals surface area contributed by atoms with E-state index in [1.54, 1.807) is 4.90 Å². The number of nitrogens with two attached hydrogens (primary N) is 1. The molecular formula is C12H25N7O. The molecule has 0 bridgehead atoms. The van der Waals surface area contributed by atoms with E-state index in [4.69, 9.17) is 10.6 Å². The first-order valence-corrected chi connectivity index (χ1v) is 6.74. The van der Waals surface area contributed by atoms with Gasteiger partial charge < -0.3 is 15.0 Å². The van der Waals surface area contributed by atoms with Crippen LogP contribution in [0.25, 0.3) is 0 Å². The highest BCUT2D eigenvalue weighted by molar-refractivity contribution is 5.42. The molecule has 20 heavy (non-hydrogen) atoms. The van der Waals surface area contributed by atoms with Crippen LogP contribution in [0.2, 0.25) is 0 Å². The first-order chi connectivity index (χ1) is 9.52. The summed E-state index contributed by atoms with van der Waals surface area (Å²) in [5.41, 5.74) is 2.43. The van der Waals surface area contributed by atoms with Crippen LogP contribution in [-0.2, 0) is 4.74 Å². The van der Waals surface area contributed by atoms with E-state index >= 15 is 0 Å². The summed E-state index contributed by atoms with van der Waals surface area (Å²) in [5, 5.41) is 3.09. The smallest absolute Gasteiger partial charge is 0.243 e. The van der Waals surface area contributed by atoms with Gasteiger partial charge in [0, 0.05) is 27.2 Å². The summed E-state index contributed by atoms with van der Waals surface area (Å²) in [4.78, 5) is 14.3. The molecule has 8 nitrogen and oxygen atoms in total. The van der Waals surface area contributed by atoms with Crippen LogP contribution in [0.4, 0.5) is 17.8 Å². The minimum absolute atomic E-state index is 0.326. The van der Waals surface area contributed by atoms with Crippen molar-refractivity contribution in [3.63, 3.8) is 0 Å². The third-order valence-electron chi connectivity index (χ3n) is 2.52. The largest absolute Gasteiger partial charge is 0.380 e. The van der Waals surface area contributed by atoms with Crippen molar-refractivity contribution in [3.8, 4) is 0 Å². The molecule has 1 rings (SSSR count). The van der Waals surface area contributed by atoms with E-state index in [9.17, 15) is 0 Å². The Morgan fingerprint density at radius 3 is 2.45 bits per heavy atom. The number of rotatable bonds is 9. The lowest BCUT2D eigenvalue weighted by atomic mass is 10.1. The fraction of sp³-hybridized carbons (Fsp3) is 0.750. The zero-order chi connectivity index (χ0) is 15.0. The second-order valence-corrected chi connectivity index (χ2v) is 5.04. The lowest BCUT2D eigenvalue weighted by Crippen LogP contribution is -2.20. The van der Waals surface area contributed by atoms with Gasteiger partial charge in [-0.15, -0.1) is 0 Å². The molecule has 0 saturated heterocycles. The topological polar surface area (TPSA) is 101 Å². The first kappa shape index (κ1) is 16.4. The van der Waals surface area contributed by atoms with Gasteiger partial charge in [-0.1, -0.05) is 13.8 Å². The molecule has 4 N–H and O–H groups in total. The Hall–Kier alpha value is -1.67. The van der Waals surface area contributed by atoms with E-state index in [1.165, 1.54) is 0 Å². The zero-order valence-corrected chi connectivity index (χ0v) is 12.7. The Morgan fingerprint density at radius 2 is 1.85 bits per heavy atom. The van der Waals surface area contributed by atoms with Crippen LogP contribution in [0.15, 0.2) is 0 Å². The minimum Gasteiger partial charge on any atom is -0.380 e. The number of hydrogen-bond donors (Lipinski definition) is 3. The van der Waals surface area contributed by atoms with Crippen molar-refractivity contribution in [2.24, 2.45) is 11.8 Å². The molecule has 0 aliphatic carbocycles. The number of aromatic nitrogens is 3. The van der Waals surface area contributed by atoms with Gasteiger partial charge in [-0.3, -0.25) is 5.43 Å². The van der Waals surface area contributed by atoms with Gasteiger partial charge in [-0.2, -0.15) is 15.0 Å². The second kappa shape index (κ2) is 8.49. The molecular weight excluding hydrogens is 258 g/mol. The average molecular weight is 283 g/mol. The third kappa shape index (κ3) is 5.98. The summed E-state index contributed by atoms with van der Waals surface area (Å²) in [6, 6.07) is 0. The molecule has 1 aromatic rings. The van der Waals surface area contributed by atoms with Crippen molar-refractivity contribution >= 4 is 17.8 Å². The number of nitrogen functional groups attached to an aromatic ring is 1. The lowest BCUT2D eigenvalue weighted by molar-refractivity contribution is 0.132. The Labute approximate surface area is 120 Å². The SMILES string of the molecule is CC(C)CCOCCNc1nc(NN)nc(N(C)C)n1. The minimum atomic E-state index is 0.326. The molecule has 0 aromatic carbocycles. The van der Waals surface area contributed by atoms with E-state index in [2.05, 4.69) is 39.5 Å². The highest BCUT2D eigenvalue weighted by Gasteiger charge is 2.06. The quantitative estimate of drug-likeness (QED) is 0.346. The van der Waals surface area contributed by atoms with Crippen molar-refractivity contribution < 1.29 is 4.74 Å². The Kier molecular flexibility index (Phi) is 6.96. The fourth-order valence-corrected chi connectivity index (χ4v) is 1.36. The molecule has 0 aliphatic rings. The summed E-state index contributed by atoms with van der Waals surface area (Å²) in [6.45, 7) is 6.38. The van der Waals surface area contributed by atoms with Crippen LogP contribution in [0.1, 0.15) is 20.3 Å². The van der Waals surface area contributed by atoms with Crippen LogP contribution in [0.3, 0.4) is 0 Å². The number of hydrogen-bond acceptors (Lipinski definition) is 8. The first-order valence-electron chi connectivity index (χ1n) is 6.74. The molecule has 1 aromatic heterocycles. The van der Waals surface area contributed by atoms with Crippen molar-refractivity contribution in [2.75, 3.05) is 49.5 Å². The summed E-state index contributed by atoms with van der Waals surface area (Å²) >= 11 is 0. The van der Waals surface area contributed by atoms with Gasteiger partial charge in [-0.25, -0.2) is 5.84 Å². The van der Waals surface area contributed by atoms with Crippen molar-refractivity contribution in [3.05, 3.63) is 0 Å². The number of nitrogens with one attached hydrogen (secondary N) is 2. The molecule has 0 fully saturated rings. The van der Waals surface area contributed by atoms with E-state index < -0.39 is 0 Å². The van der Waals surface area contributed by atoms with Crippen LogP contribution < -0.4 is 21.5 Å². The molecule has 0 atom stereocenters. The van der Waals surface area contributed by atoms with Gasteiger partial charge in [-0.05, 0) is 12.3 Å². The van der Waals surface area contributed by atoms with E-state index in [0.29, 0.717) is 36.9 Å². The summed E-state index contributed by atoms with van der Waals surface area (Å²) in [7, 11) is 3.71. The predicted octanol–water partition coefficient (Wildman–Crippen LogP) is 0.698. The number of anilines is 3. The van der Waals surface area contributed by atoms with Crippen molar-refractivity contribution in [2.45, 2.75) is 20.3 Å². The Bertz CT molecular complexity index is 397. The van der Waals surface area contributed by atoms with E-state index in [-0.39, 0.29) is 0 Å². The predicted molar refractivity (Wildman–Crippen MR) is 80.7 cm³/mol. The van der Waals surface area contributed by atoms with Gasteiger partial charge in [0.05, 0.1) is 6.61 Å². The second-order valence-electron chi connectivity index (χ2n) is 5.04. The molecule has 0 amide bonds. The standard InChI is InChI=1S/C12H25N7O/c1-9(2)5-7-20-8-6-14-10-15-11(18-13)17-12(16-10)19(3)4/h9H,5-8,13H2,1-4H3,(H2,14,15,16,17,18). The van der Waals surface area contributed by atoms with Gasteiger partial charge in [0.25, 0.3) is 0 Å². The maximum atomic E-state index is 5.52. The van der Waals surface area contributed by atoms with Crippen LogP contribution >= 0.6 is 0 Å². The number of ether oxygens (including phenoxy) is 1. The highest BCUT2D eigenvalue weighted by atomic mass is 16.5. The van der Waals surface area contributed by atoms with Crippen LogP contribution in [0.5, 0.6) is 0 Å². The molecule has 0 radical (unpaired) electrons. The molecule has 8 heteroatoms. The average Bonchev–Trinajstić information content (AvgIpc) is 2.41. The monoisotopic (exact) mass is 283 g/mol. The summed E-state index contributed by atoms with van der Waals surface area (Å²) in [6.07, 6.45) is 1.07. The Morgan fingerprint density at radius 1 is 1.15 bits per heavy atom. The Balaban J connectivity index is 2.41. The maximum Gasteiger partial charge on any atom is 0.243 e. The van der Waals surface area contributed by atoms with Crippen LogP contribution in [-0.4, -0.2) is 48.8 Å². The fourth-order valence-electron chi connectivity index (χ4n) is 1.36. The molecule has 0 unspecified atom stereocenters. The molecule has 114 valence electrons. The van der Waals surface area contributed by atoms with Gasteiger partial charge >= 0.3 is 0 Å². The van der Waals surface area contributed by atoms with E-state index in [0.717, 1.165) is 13.0 Å². The number of hydrazine groups is 1. The van der Waals surface area contributed by atoms with Crippen molar-refractivity contribution in [1.82, 2.24) is 15.0 Å². The van der Waals surface area contributed by atoms with Gasteiger partial charge in [0.1, 0.15) is 0 Å². The van der Waals surface area contributed by atoms with E-state index in [1.807, 2.05) is 14.1 Å². The molecule has 1 heterocycles.